The van der Waals surface area contributed by atoms with Crippen molar-refractivity contribution in [3.63, 3.8) is 0 Å². The van der Waals surface area contributed by atoms with E-state index in [0.717, 1.165) is 27.5 Å². The molecule has 170 valence electrons. The minimum atomic E-state index is -0.113. The van der Waals surface area contributed by atoms with Gasteiger partial charge in [0.25, 0.3) is 5.56 Å². The first-order chi connectivity index (χ1) is 17.2. The van der Waals surface area contributed by atoms with Crippen LogP contribution in [-0.4, -0.2) is 25.8 Å². The van der Waals surface area contributed by atoms with Gasteiger partial charge in [0.2, 0.25) is 5.91 Å². The molecular weight excluding hydrogens is 454 g/mol. The molecule has 2 heterocycles. The molecule has 0 atom stereocenters. The molecule has 0 saturated heterocycles. The fourth-order valence-corrected chi connectivity index (χ4v) is 5.49. The summed E-state index contributed by atoms with van der Waals surface area (Å²) in [5, 5.41) is 3.29. The average molecular weight is 476 g/mol. The Labute approximate surface area is 205 Å². The zero-order valence-corrected chi connectivity index (χ0v) is 19.6. The van der Waals surface area contributed by atoms with Gasteiger partial charge in [0.1, 0.15) is 0 Å². The van der Waals surface area contributed by atoms with E-state index in [-0.39, 0.29) is 11.5 Å². The standard InChI is InChI=1S/C29H21N3O2S/c33-27(32-25-16-8-5-12-21(25)22-13-6-9-17-26(22)32)18-19-35-29-30-24-15-7-4-14-23(24)28(34)31(29)20-10-2-1-3-11-20/h1-17H,18-19H2. The van der Waals surface area contributed by atoms with Crippen LogP contribution in [0.4, 0.5) is 0 Å². The number of para-hydroxylation sites is 4. The van der Waals surface area contributed by atoms with Crippen LogP contribution >= 0.6 is 11.8 Å². The number of fused-ring (bicyclic) bond motifs is 4. The summed E-state index contributed by atoms with van der Waals surface area (Å²) in [4.78, 5) is 31.6. The molecule has 0 saturated carbocycles. The largest absolute Gasteiger partial charge is 0.280 e. The molecule has 6 heteroatoms. The van der Waals surface area contributed by atoms with Crippen molar-refractivity contribution in [2.45, 2.75) is 11.6 Å². The van der Waals surface area contributed by atoms with Crippen molar-refractivity contribution in [3.8, 4) is 5.69 Å². The molecule has 0 amide bonds. The molecule has 0 aliphatic rings. The lowest BCUT2D eigenvalue weighted by atomic mass is 10.2. The molecule has 0 bridgehead atoms. The van der Waals surface area contributed by atoms with Gasteiger partial charge in [0.05, 0.1) is 27.6 Å². The molecule has 0 aliphatic heterocycles. The Balaban J connectivity index is 1.35. The topological polar surface area (TPSA) is 56.9 Å². The highest BCUT2D eigenvalue weighted by atomic mass is 32.2. The minimum Gasteiger partial charge on any atom is -0.280 e. The van der Waals surface area contributed by atoms with Crippen molar-refractivity contribution < 1.29 is 4.79 Å². The molecule has 0 radical (unpaired) electrons. The highest BCUT2D eigenvalue weighted by Crippen LogP contribution is 2.29. The van der Waals surface area contributed by atoms with E-state index in [4.69, 9.17) is 4.98 Å². The maximum atomic E-state index is 13.4. The third-order valence-corrected chi connectivity index (χ3v) is 7.08. The lowest BCUT2D eigenvalue weighted by Crippen LogP contribution is -2.22. The number of hydrogen-bond donors (Lipinski definition) is 0. The fraction of sp³-hybridized carbons (Fsp3) is 0.0690. The van der Waals surface area contributed by atoms with E-state index in [2.05, 4.69) is 0 Å². The normalized spacial score (nSPS) is 11.4. The van der Waals surface area contributed by atoms with Crippen molar-refractivity contribution in [2.75, 3.05) is 5.75 Å². The Bertz CT molecular complexity index is 1720. The molecule has 6 aromatic rings. The van der Waals surface area contributed by atoms with Gasteiger partial charge < -0.3 is 0 Å². The van der Waals surface area contributed by atoms with Crippen LogP contribution in [0.5, 0.6) is 0 Å². The van der Waals surface area contributed by atoms with Crippen LogP contribution in [0.15, 0.2) is 113 Å². The van der Waals surface area contributed by atoms with Crippen LogP contribution in [0.1, 0.15) is 11.2 Å². The molecule has 4 aromatic carbocycles. The first-order valence-electron chi connectivity index (χ1n) is 11.4. The Morgan fingerprint density at radius 3 is 1.97 bits per heavy atom. The number of thioether (sulfide) groups is 1. The van der Waals surface area contributed by atoms with Crippen LogP contribution in [-0.2, 0) is 0 Å². The van der Waals surface area contributed by atoms with E-state index >= 15 is 0 Å². The third kappa shape index (κ3) is 3.72. The predicted octanol–water partition coefficient (Wildman–Crippen LogP) is 6.32. The molecule has 0 spiro atoms. The second-order valence-corrected chi connectivity index (χ2v) is 9.31. The van der Waals surface area contributed by atoms with Gasteiger partial charge in [-0.25, -0.2) is 4.98 Å². The summed E-state index contributed by atoms with van der Waals surface area (Å²) in [6.45, 7) is 0. The van der Waals surface area contributed by atoms with Crippen molar-refractivity contribution in [1.29, 1.82) is 0 Å². The number of carbonyl (C=O) groups excluding carboxylic acids is 1. The van der Waals surface area contributed by atoms with Crippen LogP contribution in [0.25, 0.3) is 38.4 Å². The highest BCUT2D eigenvalue weighted by Gasteiger charge is 2.17. The summed E-state index contributed by atoms with van der Waals surface area (Å²) in [5.74, 6) is 0.515. The number of aromatic nitrogens is 3. The van der Waals surface area contributed by atoms with Gasteiger partial charge in [-0.15, -0.1) is 0 Å². The molecule has 0 N–H and O–H groups in total. The molecule has 0 fully saturated rings. The van der Waals surface area contributed by atoms with Crippen molar-refractivity contribution >= 4 is 50.4 Å². The minimum absolute atomic E-state index is 0.0179. The average Bonchev–Trinajstić information content (AvgIpc) is 3.24. The first kappa shape index (κ1) is 21.4. The lowest BCUT2D eigenvalue weighted by Gasteiger charge is -2.13. The van der Waals surface area contributed by atoms with Gasteiger partial charge in [-0.05, 0) is 36.4 Å². The number of benzene rings is 4. The molecule has 6 rings (SSSR count). The summed E-state index contributed by atoms with van der Waals surface area (Å²) < 4.78 is 3.45. The second-order valence-electron chi connectivity index (χ2n) is 8.25. The molecular formula is C29H21N3O2S. The van der Waals surface area contributed by atoms with E-state index in [1.807, 2.05) is 102 Å². The zero-order valence-electron chi connectivity index (χ0n) is 18.8. The Kier molecular flexibility index (Phi) is 5.43. The summed E-state index contributed by atoms with van der Waals surface area (Å²) in [6, 6.07) is 32.8. The van der Waals surface area contributed by atoms with Crippen LogP contribution < -0.4 is 5.56 Å². The van der Waals surface area contributed by atoms with Gasteiger partial charge >= 0.3 is 0 Å². The SMILES string of the molecule is O=C(CCSc1nc2ccccc2c(=O)n1-c1ccccc1)n1c2ccccc2c2ccccc21. The molecule has 2 aromatic heterocycles. The maximum absolute atomic E-state index is 13.4. The molecule has 0 unspecified atom stereocenters. The van der Waals surface area contributed by atoms with Crippen molar-refractivity contribution in [1.82, 2.24) is 14.1 Å². The number of rotatable bonds is 5. The summed E-state index contributed by atoms with van der Waals surface area (Å²) >= 11 is 1.42. The van der Waals surface area contributed by atoms with Gasteiger partial charge in [-0.3, -0.25) is 18.7 Å². The van der Waals surface area contributed by atoms with Gasteiger partial charge in [0.15, 0.2) is 5.16 Å². The van der Waals surface area contributed by atoms with E-state index in [9.17, 15) is 9.59 Å². The number of nitrogens with zero attached hydrogens (tertiary/aromatic N) is 3. The van der Waals surface area contributed by atoms with Gasteiger partial charge in [-0.2, -0.15) is 0 Å². The third-order valence-electron chi connectivity index (χ3n) is 6.14. The summed E-state index contributed by atoms with van der Waals surface area (Å²) in [7, 11) is 0. The van der Waals surface area contributed by atoms with E-state index < -0.39 is 0 Å². The second kappa shape index (κ2) is 8.89. The lowest BCUT2D eigenvalue weighted by molar-refractivity contribution is 0.0920. The molecule has 5 nitrogen and oxygen atoms in total. The molecule has 35 heavy (non-hydrogen) atoms. The number of carbonyl (C=O) groups is 1. The van der Waals surface area contributed by atoms with E-state index in [0.29, 0.717) is 28.2 Å². The van der Waals surface area contributed by atoms with E-state index in [1.165, 1.54) is 11.8 Å². The fourth-order valence-electron chi connectivity index (χ4n) is 4.55. The highest BCUT2D eigenvalue weighted by molar-refractivity contribution is 7.99. The van der Waals surface area contributed by atoms with Crippen molar-refractivity contribution in [2.24, 2.45) is 0 Å². The summed E-state index contributed by atoms with van der Waals surface area (Å²) in [6.07, 6.45) is 0.310. The maximum Gasteiger partial charge on any atom is 0.266 e. The molecule has 0 aliphatic carbocycles. The monoisotopic (exact) mass is 475 g/mol. The van der Waals surface area contributed by atoms with Crippen LogP contribution in [0.2, 0.25) is 0 Å². The van der Waals surface area contributed by atoms with Crippen LogP contribution in [0.3, 0.4) is 0 Å². The quantitative estimate of drug-likeness (QED) is 0.216. The Hall–Kier alpha value is -4.16. The van der Waals surface area contributed by atoms with Crippen molar-refractivity contribution in [3.05, 3.63) is 113 Å². The summed E-state index contributed by atoms with van der Waals surface area (Å²) in [5.41, 5.74) is 3.12. The first-order valence-corrected chi connectivity index (χ1v) is 12.4. The number of hydrogen-bond acceptors (Lipinski definition) is 4. The predicted molar refractivity (Wildman–Crippen MR) is 143 cm³/mol. The van der Waals surface area contributed by atoms with Gasteiger partial charge in [0, 0.05) is 22.9 Å². The van der Waals surface area contributed by atoms with Gasteiger partial charge in [-0.1, -0.05) is 78.5 Å². The Morgan fingerprint density at radius 2 is 1.29 bits per heavy atom. The van der Waals surface area contributed by atoms with Crippen LogP contribution in [0, 0.1) is 0 Å². The Morgan fingerprint density at radius 1 is 0.714 bits per heavy atom. The van der Waals surface area contributed by atoms with E-state index in [1.54, 1.807) is 10.6 Å². The zero-order chi connectivity index (χ0) is 23.8. The smallest absolute Gasteiger partial charge is 0.266 e.